The van der Waals surface area contributed by atoms with Crippen molar-refractivity contribution in [2.75, 3.05) is 25.0 Å². The number of unbranched alkanes of at least 4 members (excludes halogenated alkanes) is 1. The van der Waals surface area contributed by atoms with Crippen LogP contribution in [0, 0.1) is 17.0 Å². The highest BCUT2D eigenvalue weighted by Crippen LogP contribution is 2.31. The van der Waals surface area contributed by atoms with Gasteiger partial charge in [-0.15, -0.1) is 0 Å². The summed E-state index contributed by atoms with van der Waals surface area (Å²) in [5.74, 6) is -0.697. The molecule has 3 rings (SSSR count). The number of nitrogens with zero attached hydrogens (tertiary/aromatic N) is 3. The number of nitro groups is 1. The number of urea groups is 1. The van der Waals surface area contributed by atoms with E-state index < -0.39 is 10.9 Å². The minimum absolute atomic E-state index is 0.0200. The molecule has 0 aliphatic carbocycles. The number of aryl methyl sites for hydroxylation is 1. The first-order valence-electron chi connectivity index (χ1n) is 11.0. The third kappa shape index (κ3) is 6.41. The van der Waals surface area contributed by atoms with Gasteiger partial charge in [0.15, 0.2) is 0 Å². The van der Waals surface area contributed by atoms with Gasteiger partial charge in [0.25, 0.3) is 0 Å². The Morgan fingerprint density at radius 2 is 2.00 bits per heavy atom. The summed E-state index contributed by atoms with van der Waals surface area (Å²) >= 11 is 0. The highest BCUT2D eigenvalue weighted by molar-refractivity contribution is 5.74. The van der Waals surface area contributed by atoms with Gasteiger partial charge in [0, 0.05) is 37.9 Å². The number of carbonyl (C=O) groups excluding carboxylic acids is 1. The summed E-state index contributed by atoms with van der Waals surface area (Å²) in [6.07, 6.45) is 3.59. The number of hydrogen-bond acceptors (Lipinski definition) is 6. The topological polar surface area (TPSA) is 138 Å². The number of pyridine rings is 1. The number of fused-ring (bicyclic) bond motifs is 1. The molecule has 0 saturated carbocycles. The molecule has 1 aliphatic rings. The van der Waals surface area contributed by atoms with E-state index in [1.54, 1.807) is 17.9 Å². The molecule has 0 bridgehead atoms. The summed E-state index contributed by atoms with van der Waals surface area (Å²) in [6, 6.07) is 9.12. The van der Waals surface area contributed by atoms with Crippen LogP contribution in [0.3, 0.4) is 0 Å². The predicted molar refractivity (Wildman–Crippen MR) is 123 cm³/mol. The van der Waals surface area contributed by atoms with E-state index in [0.29, 0.717) is 51.0 Å². The number of carboxylic acid groups (broad SMARTS) is 1. The van der Waals surface area contributed by atoms with Gasteiger partial charge in [0.1, 0.15) is 0 Å². The number of rotatable bonds is 9. The summed E-state index contributed by atoms with van der Waals surface area (Å²) in [5, 5.41) is 26.4. The Morgan fingerprint density at radius 1 is 1.24 bits per heavy atom. The quantitative estimate of drug-likeness (QED) is 0.298. The fourth-order valence-electron chi connectivity index (χ4n) is 4.10. The largest absolute Gasteiger partial charge is 0.481 e. The van der Waals surface area contributed by atoms with Gasteiger partial charge < -0.3 is 20.6 Å². The fraction of sp³-hybridized carbons (Fsp3) is 0.435. The van der Waals surface area contributed by atoms with Crippen LogP contribution in [0.25, 0.3) is 0 Å². The molecule has 3 N–H and O–H groups in total. The van der Waals surface area contributed by atoms with Gasteiger partial charge in [0.2, 0.25) is 5.82 Å². The number of hydrogen-bond donors (Lipinski definition) is 3. The molecule has 33 heavy (non-hydrogen) atoms. The van der Waals surface area contributed by atoms with Gasteiger partial charge >= 0.3 is 17.7 Å². The molecule has 2 amide bonds. The number of amides is 2. The van der Waals surface area contributed by atoms with Gasteiger partial charge in [-0.3, -0.25) is 14.9 Å². The van der Waals surface area contributed by atoms with Gasteiger partial charge in [-0.2, -0.15) is 0 Å². The number of aromatic nitrogens is 1. The van der Waals surface area contributed by atoms with Crippen LogP contribution in [0.1, 0.15) is 48.3 Å². The number of anilines is 1. The summed E-state index contributed by atoms with van der Waals surface area (Å²) in [4.78, 5) is 40.5. The summed E-state index contributed by atoms with van der Waals surface area (Å²) < 4.78 is 0. The lowest BCUT2D eigenvalue weighted by Gasteiger charge is -2.21. The summed E-state index contributed by atoms with van der Waals surface area (Å²) in [5.41, 5.74) is 2.51. The van der Waals surface area contributed by atoms with Crippen LogP contribution in [0.2, 0.25) is 0 Å². The molecule has 1 atom stereocenters. The average Bonchev–Trinajstić information content (AvgIpc) is 2.95. The van der Waals surface area contributed by atoms with E-state index in [-0.39, 0.29) is 29.9 Å². The molecule has 176 valence electrons. The lowest BCUT2D eigenvalue weighted by molar-refractivity contribution is -0.384. The minimum atomic E-state index is -0.840. The second-order valence-electron chi connectivity index (χ2n) is 8.15. The zero-order chi connectivity index (χ0) is 23.8. The Labute approximate surface area is 192 Å². The first kappa shape index (κ1) is 24.0. The second-order valence-corrected chi connectivity index (χ2v) is 8.15. The highest BCUT2D eigenvalue weighted by Gasteiger charge is 2.26. The molecule has 1 aliphatic heterocycles. The maximum absolute atomic E-state index is 12.7. The molecule has 1 unspecified atom stereocenters. The van der Waals surface area contributed by atoms with Crippen molar-refractivity contribution < 1.29 is 19.6 Å². The van der Waals surface area contributed by atoms with E-state index in [9.17, 15) is 24.8 Å². The Morgan fingerprint density at radius 3 is 2.76 bits per heavy atom. The Bertz CT molecular complexity index is 1010. The SMILES string of the molecule is Cc1ccnc(NCCCCNC(=O)N2CCC(CC(=O)O)c3ccccc3C2)c1[N+](=O)[O-]. The van der Waals surface area contributed by atoms with Crippen molar-refractivity contribution in [2.45, 2.75) is 45.1 Å². The number of carbonyl (C=O) groups is 2. The van der Waals surface area contributed by atoms with E-state index in [1.807, 2.05) is 24.3 Å². The zero-order valence-corrected chi connectivity index (χ0v) is 18.6. The molecule has 0 radical (unpaired) electrons. The second kappa shape index (κ2) is 11.3. The van der Waals surface area contributed by atoms with Crippen LogP contribution in [0.5, 0.6) is 0 Å². The zero-order valence-electron chi connectivity index (χ0n) is 18.6. The fourth-order valence-corrected chi connectivity index (χ4v) is 4.10. The van der Waals surface area contributed by atoms with Crippen LogP contribution in [-0.4, -0.2) is 51.5 Å². The van der Waals surface area contributed by atoms with Crippen molar-refractivity contribution in [3.8, 4) is 0 Å². The number of nitrogens with one attached hydrogen (secondary N) is 2. The smallest absolute Gasteiger partial charge is 0.317 e. The van der Waals surface area contributed by atoms with Crippen LogP contribution in [0.15, 0.2) is 36.5 Å². The number of benzene rings is 1. The normalized spacial score (nSPS) is 15.3. The lowest BCUT2D eigenvalue weighted by Crippen LogP contribution is -2.40. The maximum atomic E-state index is 12.7. The summed E-state index contributed by atoms with van der Waals surface area (Å²) in [7, 11) is 0. The monoisotopic (exact) mass is 455 g/mol. The molecule has 0 saturated heterocycles. The third-order valence-corrected chi connectivity index (χ3v) is 5.79. The van der Waals surface area contributed by atoms with E-state index >= 15 is 0 Å². The molecule has 2 heterocycles. The number of carboxylic acids is 1. The average molecular weight is 456 g/mol. The molecule has 1 aromatic carbocycles. The van der Waals surface area contributed by atoms with E-state index in [2.05, 4.69) is 15.6 Å². The Balaban J connectivity index is 1.46. The van der Waals surface area contributed by atoms with Crippen molar-refractivity contribution in [3.05, 3.63) is 63.3 Å². The molecule has 0 spiro atoms. The van der Waals surface area contributed by atoms with Crippen molar-refractivity contribution in [1.29, 1.82) is 0 Å². The van der Waals surface area contributed by atoms with Crippen LogP contribution < -0.4 is 10.6 Å². The molecule has 10 nitrogen and oxygen atoms in total. The van der Waals surface area contributed by atoms with Crippen molar-refractivity contribution in [3.63, 3.8) is 0 Å². The van der Waals surface area contributed by atoms with Crippen molar-refractivity contribution in [2.24, 2.45) is 0 Å². The third-order valence-electron chi connectivity index (χ3n) is 5.79. The molecule has 10 heteroatoms. The van der Waals surface area contributed by atoms with E-state index in [4.69, 9.17) is 0 Å². The van der Waals surface area contributed by atoms with Gasteiger partial charge in [0.05, 0.1) is 11.3 Å². The lowest BCUT2D eigenvalue weighted by atomic mass is 9.90. The van der Waals surface area contributed by atoms with Crippen molar-refractivity contribution in [1.82, 2.24) is 15.2 Å². The van der Waals surface area contributed by atoms with E-state index in [1.165, 1.54) is 6.20 Å². The molecular weight excluding hydrogens is 426 g/mol. The predicted octanol–water partition coefficient (Wildman–Crippen LogP) is 3.66. The molecular formula is C23H29N5O5. The van der Waals surface area contributed by atoms with Crippen molar-refractivity contribution >= 4 is 23.5 Å². The van der Waals surface area contributed by atoms with Gasteiger partial charge in [-0.25, -0.2) is 9.78 Å². The highest BCUT2D eigenvalue weighted by atomic mass is 16.6. The first-order chi connectivity index (χ1) is 15.9. The van der Waals surface area contributed by atoms with Gasteiger partial charge in [-0.1, -0.05) is 24.3 Å². The number of aliphatic carboxylic acids is 1. The summed E-state index contributed by atoms with van der Waals surface area (Å²) in [6.45, 7) is 3.58. The Hall–Kier alpha value is -3.69. The molecule has 0 fully saturated rings. The van der Waals surface area contributed by atoms with Crippen LogP contribution in [0.4, 0.5) is 16.3 Å². The maximum Gasteiger partial charge on any atom is 0.317 e. The standard InChI is InChI=1S/C23H29N5O5/c1-16-8-12-25-22(21(16)28(32)33)24-10-4-5-11-26-23(31)27-13-9-17(14-20(29)30)19-7-3-2-6-18(19)15-27/h2-3,6-8,12,17H,4-5,9-11,13-15H2,1H3,(H,24,25)(H,26,31)(H,29,30). The molecule has 1 aromatic heterocycles. The van der Waals surface area contributed by atoms with Gasteiger partial charge in [-0.05, 0) is 49.3 Å². The Kier molecular flexibility index (Phi) is 8.17. The minimum Gasteiger partial charge on any atom is -0.481 e. The van der Waals surface area contributed by atoms with Crippen LogP contribution >= 0.6 is 0 Å². The van der Waals surface area contributed by atoms with E-state index in [0.717, 1.165) is 11.1 Å². The molecule has 2 aromatic rings. The van der Waals surface area contributed by atoms with Crippen LogP contribution in [-0.2, 0) is 11.3 Å². The first-order valence-corrected chi connectivity index (χ1v) is 11.0.